The van der Waals surface area contributed by atoms with Gasteiger partial charge in [0.2, 0.25) is 0 Å². The van der Waals surface area contributed by atoms with Crippen LogP contribution in [0.3, 0.4) is 0 Å². The summed E-state index contributed by atoms with van der Waals surface area (Å²) in [6.07, 6.45) is 17.6. The van der Waals surface area contributed by atoms with Crippen molar-refractivity contribution < 1.29 is 0 Å². The van der Waals surface area contributed by atoms with Gasteiger partial charge in [-0.25, -0.2) is 0 Å². The fourth-order valence-corrected chi connectivity index (χ4v) is 3.56. The summed E-state index contributed by atoms with van der Waals surface area (Å²) >= 11 is 1.93. The molecule has 0 unspecified atom stereocenters. The van der Waals surface area contributed by atoms with E-state index in [2.05, 4.69) is 50.3 Å². The van der Waals surface area contributed by atoms with E-state index >= 15 is 0 Å². The Labute approximate surface area is 142 Å². The molecule has 0 atom stereocenters. The average Bonchev–Trinajstić information content (AvgIpc) is 2.56. The summed E-state index contributed by atoms with van der Waals surface area (Å²) in [5.74, 6) is 0. The van der Waals surface area contributed by atoms with Crippen LogP contribution >= 0.6 is 11.8 Å². The molecule has 0 spiro atoms. The average molecular weight is 319 g/mol. The summed E-state index contributed by atoms with van der Waals surface area (Å²) in [4.78, 5) is 2.88. The maximum atomic E-state index is 2.46. The molecule has 0 heterocycles. The normalized spacial score (nSPS) is 11.8. The molecule has 1 aromatic rings. The first-order valence-electron chi connectivity index (χ1n) is 9.28. The summed E-state index contributed by atoms with van der Waals surface area (Å²) in [5, 5.41) is 0. The van der Waals surface area contributed by atoms with Crippen molar-refractivity contribution in [2.75, 3.05) is 0 Å². The molecule has 0 nitrogen and oxygen atoms in total. The van der Waals surface area contributed by atoms with Gasteiger partial charge in [0.05, 0.1) is 0 Å². The minimum absolute atomic E-state index is 1.15. The van der Waals surface area contributed by atoms with Gasteiger partial charge in [-0.15, -0.1) is 0 Å². The van der Waals surface area contributed by atoms with E-state index in [0.29, 0.717) is 0 Å². The highest BCUT2D eigenvalue weighted by molar-refractivity contribution is 8.03. The van der Waals surface area contributed by atoms with E-state index in [4.69, 9.17) is 0 Å². The fraction of sp³-hybridized carbons (Fsp3) is 0.619. The van der Waals surface area contributed by atoms with Gasteiger partial charge in [-0.1, -0.05) is 101 Å². The van der Waals surface area contributed by atoms with Crippen LogP contribution in [0.25, 0.3) is 0 Å². The minimum Gasteiger partial charge on any atom is -0.0949 e. The molecule has 1 rings (SSSR count). The molecular weight excluding hydrogens is 284 g/mol. The van der Waals surface area contributed by atoms with Crippen LogP contribution in [0.5, 0.6) is 0 Å². The molecular formula is C21H34S. The van der Waals surface area contributed by atoms with Gasteiger partial charge in [-0.05, 0) is 36.3 Å². The lowest BCUT2D eigenvalue weighted by atomic mass is 10.1. The topological polar surface area (TPSA) is 0 Å². The lowest BCUT2D eigenvalue weighted by Crippen LogP contribution is -1.82. The first-order valence-corrected chi connectivity index (χ1v) is 10.1. The highest BCUT2D eigenvalue weighted by atomic mass is 32.2. The molecule has 1 heteroatoms. The van der Waals surface area contributed by atoms with Gasteiger partial charge < -0.3 is 0 Å². The second-order valence-electron chi connectivity index (χ2n) is 6.06. The van der Waals surface area contributed by atoms with E-state index in [0.717, 1.165) is 6.42 Å². The summed E-state index contributed by atoms with van der Waals surface area (Å²) in [6, 6.07) is 10.7. The Morgan fingerprint density at radius 1 is 0.818 bits per heavy atom. The fourth-order valence-electron chi connectivity index (χ4n) is 2.62. The van der Waals surface area contributed by atoms with Crippen LogP contribution in [0, 0.1) is 0 Å². The second-order valence-corrected chi connectivity index (χ2v) is 7.26. The molecule has 0 amide bonds. The number of rotatable bonds is 13. The van der Waals surface area contributed by atoms with Crippen LogP contribution in [0.2, 0.25) is 0 Å². The Morgan fingerprint density at radius 2 is 1.41 bits per heavy atom. The van der Waals surface area contributed by atoms with E-state index < -0.39 is 0 Å². The Balaban J connectivity index is 2.05. The van der Waals surface area contributed by atoms with E-state index in [-0.39, 0.29) is 0 Å². The van der Waals surface area contributed by atoms with Gasteiger partial charge in [-0.3, -0.25) is 0 Å². The Bertz CT molecular complexity index is 380. The molecule has 0 aliphatic carbocycles. The zero-order chi connectivity index (χ0) is 15.9. The second kappa shape index (κ2) is 13.9. The molecule has 0 aliphatic rings. The third-order valence-corrected chi connectivity index (χ3v) is 5.25. The third-order valence-electron chi connectivity index (χ3n) is 4.02. The van der Waals surface area contributed by atoms with Crippen LogP contribution < -0.4 is 0 Å². The third kappa shape index (κ3) is 10.1. The van der Waals surface area contributed by atoms with Crippen molar-refractivity contribution in [1.29, 1.82) is 0 Å². The first-order chi connectivity index (χ1) is 10.9. The molecule has 1 aromatic carbocycles. The van der Waals surface area contributed by atoms with Crippen molar-refractivity contribution in [2.45, 2.75) is 89.4 Å². The zero-order valence-electron chi connectivity index (χ0n) is 14.7. The molecule has 0 aliphatic heterocycles. The lowest BCUT2D eigenvalue weighted by Gasteiger charge is -2.05. The van der Waals surface area contributed by atoms with E-state index in [9.17, 15) is 0 Å². The summed E-state index contributed by atoms with van der Waals surface area (Å²) in [5.41, 5.74) is 0. The number of thioether (sulfide) groups is 1. The van der Waals surface area contributed by atoms with Crippen molar-refractivity contribution in [3.63, 3.8) is 0 Å². The van der Waals surface area contributed by atoms with Gasteiger partial charge in [0.1, 0.15) is 0 Å². The zero-order valence-corrected chi connectivity index (χ0v) is 15.5. The molecule has 124 valence electrons. The highest BCUT2D eigenvalue weighted by Gasteiger charge is 1.98. The Hall–Kier alpha value is -0.690. The quantitative estimate of drug-likeness (QED) is 0.262. The van der Waals surface area contributed by atoms with E-state index in [1.165, 1.54) is 74.0 Å². The number of benzene rings is 1. The molecule has 0 radical (unpaired) electrons. The smallest absolute Gasteiger partial charge is 0.0118 e. The molecule has 0 N–H and O–H groups in total. The van der Waals surface area contributed by atoms with Crippen LogP contribution in [-0.2, 0) is 0 Å². The van der Waals surface area contributed by atoms with Crippen molar-refractivity contribution in [1.82, 2.24) is 0 Å². The summed E-state index contributed by atoms with van der Waals surface area (Å²) in [7, 11) is 0. The van der Waals surface area contributed by atoms with Crippen LogP contribution in [0.4, 0.5) is 0 Å². The first kappa shape index (κ1) is 19.4. The largest absolute Gasteiger partial charge is 0.0949 e. The summed E-state index contributed by atoms with van der Waals surface area (Å²) < 4.78 is 0. The number of hydrogen-bond donors (Lipinski definition) is 0. The molecule has 0 bridgehead atoms. The molecule has 0 fully saturated rings. The predicted molar refractivity (Wildman–Crippen MR) is 103 cm³/mol. The van der Waals surface area contributed by atoms with Gasteiger partial charge in [-0.2, -0.15) is 0 Å². The van der Waals surface area contributed by atoms with Gasteiger partial charge >= 0.3 is 0 Å². The number of allylic oxidation sites excluding steroid dienone is 2. The van der Waals surface area contributed by atoms with Crippen LogP contribution in [0.1, 0.15) is 84.5 Å². The monoisotopic (exact) mass is 318 g/mol. The number of hydrogen-bond acceptors (Lipinski definition) is 1. The predicted octanol–water partition coefficient (Wildman–Crippen LogP) is 7.99. The van der Waals surface area contributed by atoms with Gasteiger partial charge in [0, 0.05) is 4.90 Å². The van der Waals surface area contributed by atoms with E-state index in [1.54, 1.807) is 0 Å². The van der Waals surface area contributed by atoms with Gasteiger partial charge in [0.15, 0.2) is 0 Å². The molecule has 0 saturated carbocycles. The molecule has 0 saturated heterocycles. The van der Waals surface area contributed by atoms with Gasteiger partial charge in [0.25, 0.3) is 0 Å². The highest BCUT2D eigenvalue weighted by Crippen LogP contribution is 2.29. The Morgan fingerprint density at radius 3 is 2.00 bits per heavy atom. The minimum atomic E-state index is 1.15. The van der Waals surface area contributed by atoms with Crippen molar-refractivity contribution in [2.24, 2.45) is 0 Å². The van der Waals surface area contributed by atoms with Crippen molar-refractivity contribution in [3.8, 4) is 0 Å². The Kier molecular flexibility index (Phi) is 12.3. The van der Waals surface area contributed by atoms with Crippen molar-refractivity contribution >= 4 is 11.8 Å². The van der Waals surface area contributed by atoms with Crippen LogP contribution in [0.15, 0.2) is 46.2 Å². The summed E-state index contributed by atoms with van der Waals surface area (Å²) in [6.45, 7) is 4.55. The standard InChI is InChI=1S/C21H34S/c1-3-5-6-7-8-9-10-11-12-14-17-20(4-2)22-21-18-15-13-16-19-21/h13,15-19H,3-12,14H2,1-2H3/b20-17-. The van der Waals surface area contributed by atoms with Crippen molar-refractivity contribution in [3.05, 3.63) is 41.3 Å². The maximum absolute atomic E-state index is 2.46. The SMILES string of the molecule is CCCCCCCCCCC/C=C(/CC)Sc1ccccc1. The van der Waals surface area contributed by atoms with E-state index in [1.807, 2.05) is 11.8 Å². The maximum Gasteiger partial charge on any atom is 0.0118 e. The lowest BCUT2D eigenvalue weighted by molar-refractivity contribution is 0.566. The molecule has 0 aromatic heterocycles. The van der Waals surface area contributed by atoms with Crippen LogP contribution in [-0.4, -0.2) is 0 Å². The molecule has 22 heavy (non-hydrogen) atoms. The number of unbranched alkanes of at least 4 members (excludes halogenated alkanes) is 9.